The van der Waals surface area contributed by atoms with Gasteiger partial charge in [-0.15, -0.1) is 0 Å². The highest BCUT2D eigenvalue weighted by Crippen LogP contribution is 2.37. The normalized spacial score (nSPS) is 10.8. The van der Waals surface area contributed by atoms with Crippen molar-refractivity contribution in [1.29, 1.82) is 0 Å². The van der Waals surface area contributed by atoms with E-state index in [9.17, 15) is 4.79 Å². The topological polar surface area (TPSA) is 92.4 Å². The number of para-hydroxylation sites is 1. The minimum atomic E-state index is -0.362. The number of carbonyl (C=O) groups excluding carboxylic acids is 1. The quantitative estimate of drug-likeness (QED) is 0.313. The molecule has 4 rings (SSSR count). The van der Waals surface area contributed by atoms with E-state index in [1.54, 1.807) is 61.5 Å². The van der Waals surface area contributed by atoms with Gasteiger partial charge in [0.25, 0.3) is 5.91 Å². The first-order valence-electron chi connectivity index (χ1n) is 11.0. The lowest BCUT2D eigenvalue weighted by Crippen LogP contribution is -2.15. The van der Waals surface area contributed by atoms with Gasteiger partial charge < -0.3 is 19.5 Å². The van der Waals surface area contributed by atoms with Crippen LogP contribution in [0.2, 0.25) is 10.0 Å². The van der Waals surface area contributed by atoms with Gasteiger partial charge in [0.15, 0.2) is 23.9 Å². The highest BCUT2D eigenvalue weighted by atomic mass is 35.5. The van der Waals surface area contributed by atoms with Crippen LogP contribution in [0.3, 0.4) is 0 Å². The minimum Gasteiger partial charge on any atom is -0.493 e. The third-order valence-corrected chi connectivity index (χ3v) is 6.14. The van der Waals surface area contributed by atoms with E-state index in [4.69, 9.17) is 37.4 Å². The summed E-state index contributed by atoms with van der Waals surface area (Å²) >= 11 is 12.3. The lowest BCUT2D eigenvalue weighted by atomic mass is 10.2. The van der Waals surface area contributed by atoms with Gasteiger partial charge in [-0.05, 0) is 49.7 Å². The fourth-order valence-corrected chi connectivity index (χ4v) is 4.13. The molecule has 1 N–H and O–H groups in total. The van der Waals surface area contributed by atoms with Crippen molar-refractivity contribution in [1.82, 2.24) is 19.6 Å². The molecule has 0 atom stereocenters. The zero-order valence-corrected chi connectivity index (χ0v) is 21.7. The number of hydrogen-bond acceptors (Lipinski definition) is 6. The first-order valence-corrected chi connectivity index (χ1v) is 11.7. The molecule has 0 saturated carbocycles. The summed E-state index contributed by atoms with van der Waals surface area (Å²) in [5.41, 5.74) is 3.19. The minimum absolute atomic E-state index is 0.0574. The molecular formula is C25H25Cl2N5O4. The number of benzene rings is 2. The molecule has 0 bridgehead atoms. The molecule has 2 aromatic carbocycles. The summed E-state index contributed by atoms with van der Waals surface area (Å²) in [6.07, 6.45) is 1.66. The molecule has 0 aliphatic heterocycles. The van der Waals surface area contributed by atoms with Crippen molar-refractivity contribution in [2.24, 2.45) is 0 Å². The molecule has 0 saturated heterocycles. The first kappa shape index (κ1) is 25.4. The number of anilines is 1. The van der Waals surface area contributed by atoms with Crippen LogP contribution < -0.4 is 19.5 Å². The molecule has 11 heteroatoms. The van der Waals surface area contributed by atoms with E-state index in [0.717, 1.165) is 11.3 Å². The summed E-state index contributed by atoms with van der Waals surface area (Å²) < 4.78 is 19.8. The number of aromatic nitrogens is 4. The summed E-state index contributed by atoms with van der Waals surface area (Å²) in [5.74, 6) is 1.15. The summed E-state index contributed by atoms with van der Waals surface area (Å²) in [6.45, 7) is 4.21. The van der Waals surface area contributed by atoms with E-state index in [-0.39, 0.29) is 18.3 Å². The van der Waals surface area contributed by atoms with Crippen molar-refractivity contribution in [3.05, 3.63) is 81.4 Å². The number of methoxy groups -OCH3 is 2. The molecule has 0 aliphatic carbocycles. The number of carbonyl (C=O) groups is 1. The molecule has 36 heavy (non-hydrogen) atoms. The zero-order valence-electron chi connectivity index (χ0n) is 20.2. The lowest BCUT2D eigenvalue weighted by molar-refractivity contribution is 0.102. The number of nitrogens with one attached hydrogen (secondary N) is 1. The van der Waals surface area contributed by atoms with Gasteiger partial charge in [-0.25, -0.2) is 4.68 Å². The maximum atomic E-state index is 12.9. The monoisotopic (exact) mass is 529 g/mol. The second-order valence-electron chi connectivity index (χ2n) is 7.90. The Balaban J connectivity index is 1.45. The maximum Gasteiger partial charge on any atom is 0.276 e. The molecule has 1 amide bonds. The zero-order chi connectivity index (χ0) is 25.8. The van der Waals surface area contributed by atoms with Crippen LogP contribution in [0.25, 0.3) is 0 Å². The number of halogens is 2. The average Bonchev–Trinajstić information content (AvgIpc) is 3.44. The smallest absolute Gasteiger partial charge is 0.276 e. The van der Waals surface area contributed by atoms with Crippen molar-refractivity contribution < 1.29 is 19.0 Å². The van der Waals surface area contributed by atoms with Crippen LogP contribution in [-0.2, 0) is 13.3 Å². The van der Waals surface area contributed by atoms with Gasteiger partial charge in [-0.2, -0.15) is 10.2 Å². The van der Waals surface area contributed by atoms with Crippen molar-refractivity contribution in [3.63, 3.8) is 0 Å². The third kappa shape index (κ3) is 5.42. The van der Waals surface area contributed by atoms with Gasteiger partial charge in [-0.1, -0.05) is 35.3 Å². The molecule has 0 fully saturated rings. The Morgan fingerprint density at radius 1 is 1.03 bits per heavy atom. The van der Waals surface area contributed by atoms with E-state index in [2.05, 4.69) is 15.5 Å². The third-order valence-electron chi connectivity index (χ3n) is 5.55. The second-order valence-corrected chi connectivity index (χ2v) is 8.74. The average molecular weight is 530 g/mol. The summed E-state index contributed by atoms with van der Waals surface area (Å²) in [4.78, 5) is 12.9. The molecule has 0 unspecified atom stereocenters. The number of nitrogens with zero attached hydrogens (tertiary/aromatic N) is 4. The fraction of sp³-hybridized carbons (Fsp3) is 0.240. The van der Waals surface area contributed by atoms with E-state index in [1.165, 1.54) is 4.68 Å². The Morgan fingerprint density at radius 2 is 1.75 bits per heavy atom. The maximum absolute atomic E-state index is 12.9. The standard InChI is InChI=1S/C25H25Cl2N5O4/c1-15-23(16(2)32(29-15)13-17-8-9-18(26)12-19(17)27)28-25(33)20-10-11-31(30-20)14-36-24-21(34-3)6-5-7-22(24)35-4/h5-12H,13-14H2,1-4H3,(H,28,33). The largest absolute Gasteiger partial charge is 0.493 e. The summed E-state index contributed by atoms with van der Waals surface area (Å²) in [5, 5.41) is 12.9. The van der Waals surface area contributed by atoms with E-state index >= 15 is 0 Å². The van der Waals surface area contributed by atoms with Crippen LogP contribution in [0.4, 0.5) is 5.69 Å². The number of amides is 1. The molecular weight excluding hydrogens is 505 g/mol. The van der Waals surface area contributed by atoms with Gasteiger partial charge in [0.2, 0.25) is 5.75 Å². The number of aryl methyl sites for hydroxylation is 1. The Kier molecular flexibility index (Phi) is 7.71. The Labute approximate surface area is 218 Å². The van der Waals surface area contributed by atoms with Gasteiger partial charge in [0.1, 0.15) is 0 Å². The van der Waals surface area contributed by atoms with Crippen molar-refractivity contribution in [2.45, 2.75) is 27.1 Å². The van der Waals surface area contributed by atoms with Crippen molar-refractivity contribution in [3.8, 4) is 17.2 Å². The van der Waals surface area contributed by atoms with Crippen molar-refractivity contribution in [2.75, 3.05) is 19.5 Å². The van der Waals surface area contributed by atoms with Crippen LogP contribution in [-0.4, -0.2) is 39.7 Å². The predicted molar refractivity (Wildman–Crippen MR) is 138 cm³/mol. The first-order chi connectivity index (χ1) is 17.3. The molecule has 0 radical (unpaired) electrons. The van der Waals surface area contributed by atoms with Crippen LogP contribution in [0.15, 0.2) is 48.7 Å². The molecule has 0 aliphatic rings. The van der Waals surface area contributed by atoms with Crippen LogP contribution in [0.5, 0.6) is 17.2 Å². The Bertz CT molecular complexity index is 1380. The SMILES string of the molecule is COc1cccc(OC)c1OCn1ccc(C(=O)Nc2c(C)nn(Cc3ccc(Cl)cc3Cl)c2C)n1. The molecule has 188 valence electrons. The number of rotatable bonds is 9. The van der Waals surface area contributed by atoms with Crippen molar-refractivity contribution >= 4 is 34.8 Å². The Morgan fingerprint density at radius 3 is 2.42 bits per heavy atom. The van der Waals surface area contributed by atoms with Gasteiger partial charge in [0.05, 0.1) is 37.8 Å². The fourth-order valence-electron chi connectivity index (χ4n) is 3.67. The van der Waals surface area contributed by atoms with E-state index in [1.807, 2.05) is 19.9 Å². The highest BCUT2D eigenvalue weighted by molar-refractivity contribution is 6.35. The lowest BCUT2D eigenvalue weighted by Gasteiger charge is -2.13. The molecule has 2 heterocycles. The molecule has 0 spiro atoms. The van der Waals surface area contributed by atoms with Gasteiger partial charge >= 0.3 is 0 Å². The van der Waals surface area contributed by atoms with Crippen LogP contribution in [0, 0.1) is 13.8 Å². The van der Waals surface area contributed by atoms with Gasteiger partial charge in [-0.3, -0.25) is 9.48 Å². The van der Waals surface area contributed by atoms with Crippen LogP contribution in [0.1, 0.15) is 27.4 Å². The summed E-state index contributed by atoms with van der Waals surface area (Å²) in [6, 6.07) is 12.3. The molecule has 2 aromatic heterocycles. The van der Waals surface area contributed by atoms with E-state index in [0.29, 0.717) is 45.2 Å². The second kappa shape index (κ2) is 10.9. The predicted octanol–water partition coefficient (Wildman–Crippen LogP) is 5.36. The van der Waals surface area contributed by atoms with E-state index < -0.39 is 0 Å². The summed E-state index contributed by atoms with van der Waals surface area (Å²) in [7, 11) is 3.10. The number of ether oxygens (including phenoxy) is 3. The number of hydrogen-bond donors (Lipinski definition) is 1. The molecule has 4 aromatic rings. The highest BCUT2D eigenvalue weighted by Gasteiger charge is 2.18. The molecule has 9 nitrogen and oxygen atoms in total. The van der Waals surface area contributed by atoms with Gasteiger partial charge in [0, 0.05) is 16.2 Å². The Hall–Kier alpha value is -3.69. The van der Waals surface area contributed by atoms with Crippen LogP contribution >= 0.6 is 23.2 Å².